The maximum atomic E-state index is 13.1. The average Bonchev–Trinajstić information content (AvgIpc) is 2.41. The maximum absolute atomic E-state index is 13.1. The van der Waals surface area contributed by atoms with Crippen LogP contribution in [0.1, 0.15) is 17.0 Å². The van der Waals surface area contributed by atoms with Gasteiger partial charge in [0.05, 0.1) is 10.2 Å². The molecule has 0 unspecified atom stereocenters. The Kier molecular flexibility index (Phi) is 4.93. The van der Waals surface area contributed by atoms with Gasteiger partial charge in [0.1, 0.15) is 18.2 Å². The lowest BCUT2D eigenvalue weighted by atomic mass is 10.2. The summed E-state index contributed by atoms with van der Waals surface area (Å²) in [7, 11) is 0. The number of hydrogen-bond acceptors (Lipinski definition) is 2. The second kappa shape index (κ2) is 6.48. The SMILES string of the molecule is Cc1ccc(OCc2ccc(F)c(Br)c2)c(CBr)n1. The van der Waals surface area contributed by atoms with Crippen LogP contribution in [0.3, 0.4) is 0 Å². The van der Waals surface area contributed by atoms with Gasteiger partial charge in [0.2, 0.25) is 0 Å². The first kappa shape index (κ1) is 14.5. The Morgan fingerprint density at radius 2 is 2.05 bits per heavy atom. The fourth-order valence-electron chi connectivity index (χ4n) is 1.62. The van der Waals surface area contributed by atoms with Crippen LogP contribution >= 0.6 is 31.9 Å². The van der Waals surface area contributed by atoms with Crippen molar-refractivity contribution in [1.82, 2.24) is 4.98 Å². The van der Waals surface area contributed by atoms with Crippen LogP contribution in [-0.4, -0.2) is 4.98 Å². The predicted octanol–water partition coefficient (Wildman–Crippen LogP) is 4.77. The summed E-state index contributed by atoms with van der Waals surface area (Å²) in [6.45, 7) is 2.32. The molecule has 0 N–H and O–H groups in total. The van der Waals surface area contributed by atoms with E-state index in [0.29, 0.717) is 16.4 Å². The molecule has 0 saturated heterocycles. The van der Waals surface area contributed by atoms with E-state index in [-0.39, 0.29) is 5.82 Å². The van der Waals surface area contributed by atoms with Gasteiger partial charge in [-0.25, -0.2) is 4.39 Å². The molecule has 0 saturated carbocycles. The Labute approximate surface area is 128 Å². The van der Waals surface area contributed by atoms with Crippen molar-refractivity contribution in [2.75, 3.05) is 0 Å². The molecule has 2 rings (SSSR count). The van der Waals surface area contributed by atoms with Gasteiger partial charge < -0.3 is 4.74 Å². The van der Waals surface area contributed by atoms with Crippen molar-refractivity contribution in [3.63, 3.8) is 0 Å². The third-order valence-corrected chi connectivity index (χ3v) is 3.72. The van der Waals surface area contributed by atoms with Crippen LogP contribution in [0, 0.1) is 12.7 Å². The molecule has 1 aromatic carbocycles. The minimum absolute atomic E-state index is 0.276. The van der Waals surface area contributed by atoms with E-state index in [4.69, 9.17) is 4.74 Å². The van der Waals surface area contributed by atoms with Gasteiger partial charge in [-0.05, 0) is 52.7 Å². The number of pyridine rings is 1. The molecule has 1 heterocycles. The third kappa shape index (κ3) is 3.76. The molecular weight excluding hydrogens is 377 g/mol. The molecule has 5 heteroatoms. The lowest BCUT2D eigenvalue weighted by Gasteiger charge is -2.10. The Morgan fingerprint density at radius 3 is 2.74 bits per heavy atom. The van der Waals surface area contributed by atoms with E-state index in [1.54, 1.807) is 12.1 Å². The number of aromatic nitrogens is 1. The molecule has 0 bridgehead atoms. The summed E-state index contributed by atoms with van der Waals surface area (Å²) in [5, 5.41) is 0.636. The molecule has 0 amide bonds. The van der Waals surface area contributed by atoms with Crippen LogP contribution in [-0.2, 0) is 11.9 Å². The number of benzene rings is 1. The van der Waals surface area contributed by atoms with Gasteiger partial charge in [-0.15, -0.1) is 0 Å². The monoisotopic (exact) mass is 387 g/mol. The number of rotatable bonds is 4. The first-order valence-corrected chi connectivity index (χ1v) is 7.61. The molecule has 0 spiro atoms. The second-order valence-corrected chi connectivity index (χ2v) is 5.48. The quantitative estimate of drug-likeness (QED) is 0.704. The number of nitrogens with zero attached hydrogens (tertiary/aromatic N) is 1. The van der Waals surface area contributed by atoms with Crippen LogP contribution in [0.2, 0.25) is 0 Å². The van der Waals surface area contributed by atoms with Crippen molar-refractivity contribution in [3.05, 3.63) is 57.6 Å². The lowest BCUT2D eigenvalue weighted by molar-refractivity contribution is 0.302. The second-order valence-electron chi connectivity index (χ2n) is 4.07. The molecular formula is C14H12Br2FNO. The van der Waals surface area contributed by atoms with Crippen molar-refractivity contribution in [2.24, 2.45) is 0 Å². The minimum atomic E-state index is -0.276. The molecule has 2 aromatic rings. The molecule has 0 aliphatic rings. The molecule has 0 aliphatic carbocycles. The molecule has 0 radical (unpaired) electrons. The molecule has 2 nitrogen and oxygen atoms in total. The summed E-state index contributed by atoms with van der Waals surface area (Å²) < 4.78 is 19.3. The van der Waals surface area contributed by atoms with Gasteiger partial charge in [0.15, 0.2) is 0 Å². The number of halogens is 3. The van der Waals surface area contributed by atoms with Crippen molar-refractivity contribution in [3.8, 4) is 5.75 Å². The van der Waals surface area contributed by atoms with E-state index in [1.165, 1.54) is 6.07 Å². The van der Waals surface area contributed by atoms with Crippen molar-refractivity contribution >= 4 is 31.9 Å². The number of aryl methyl sites for hydroxylation is 1. The first-order valence-electron chi connectivity index (χ1n) is 5.69. The Morgan fingerprint density at radius 1 is 1.26 bits per heavy atom. The average molecular weight is 389 g/mol. The molecule has 0 fully saturated rings. The number of ether oxygens (including phenoxy) is 1. The summed E-state index contributed by atoms with van der Waals surface area (Å²) >= 11 is 6.55. The zero-order chi connectivity index (χ0) is 13.8. The Bertz CT molecular complexity index is 590. The van der Waals surface area contributed by atoms with Gasteiger partial charge >= 0.3 is 0 Å². The van der Waals surface area contributed by atoms with Gasteiger partial charge in [-0.2, -0.15) is 0 Å². The van der Waals surface area contributed by atoms with Crippen LogP contribution < -0.4 is 4.74 Å². The van der Waals surface area contributed by atoms with Gasteiger partial charge in [0.25, 0.3) is 0 Å². The highest BCUT2D eigenvalue weighted by molar-refractivity contribution is 9.10. The topological polar surface area (TPSA) is 22.1 Å². The zero-order valence-corrected chi connectivity index (χ0v) is 13.5. The summed E-state index contributed by atoms with van der Waals surface area (Å²) in [5.41, 5.74) is 2.71. The number of hydrogen-bond donors (Lipinski definition) is 0. The van der Waals surface area contributed by atoms with Crippen LogP contribution in [0.4, 0.5) is 4.39 Å². The van der Waals surface area contributed by atoms with Crippen molar-refractivity contribution in [2.45, 2.75) is 18.9 Å². The standard InChI is InChI=1S/C14H12Br2FNO/c1-9-2-5-14(13(7-15)18-9)19-8-10-3-4-12(17)11(16)6-10/h2-6H,7-8H2,1H3. The minimum Gasteiger partial charge on any atom is -0.487 e. The maximum Gasteiger partial charge on any atom is 0.142 e. The van der Waals surface area contributed by atoms with E-state index in [2.05, 4.69) is 36.8 Å². The van der Waals surface area contributed by atoms with Gasteiger partial charge in [-0.1, -0.05) is 22.0 Å². The van der Waals surface area contributed by atoms with Crippen LogP contribution in [0.15, 0.2) is 34.8 Å². The normalized spacial score (nSPS) is 10.5. The van der Waals surface area contributed by atoms with Gasteiger partial charge in [0, 0.05) is 11.0 Å². The molecule has 100 valence electrons. The molecule has 1 aromatic heterocycles. The van der Waals surface area contributed by atoms with Crippen molar-refractivity contribution in [1.29, 1.82) is 0 Å². The van der Waals surface area contributed by atoms with Crippen molar-refractivity contribution < 1.29 is 9.13 Å². The fraction of sp³-hybridized carbons (Fsp3) is 0.214. The highest BCUT2D eigenvalue weighted by Crippen LogP contribution is 2.22. The van der Waals surface area contributed by atoms with E-state index >= 15 is 0 Å². The Balaban J connectivity index is 2.12. The largest absolute Gasteiger partial charge is 0.487 e. The summed E-state index contributed by atoms with van der Waals surface area (Å²) in [6, 6.07) is 8.64. The molecule has 19 heavy (non-hydrogen) atoms. The van der Waals surface area contributed by atoms with E-state index in [1.807, 2.05) is 19.1 Å². The summed E-state index contributed by atoms with van der Waals surface area (Å²) in [5.74, 6) is 0.463. The predicted molar refractivity (Wildman–Crippen MR) is 80.0 cm³/mol. The number of alkyl halides is 1. The first-order chi connectivity index (χ1) is 9.10. The van der Waals surface area contributed by atoms with E-state index in [9.17, 15) is 4.39 Å². The highest BCUT2D eigenvalue weighted by atomic mass is 79.9. The van der Waals surface area contributed by atoms with Gasteiger partial charge in [-0.3, -0.25) is 4.98 Å². The van der Waals surface area contributed by atoms with E-state index in [0.717, 1.165) is 22.7 Å². The third-order valence-electron chi connectivity index (χ3n) is 2.58. The molecule has 0 aliphatic heterocycles. The molecule has 0 atom stereocenters. The Hall–Kier alpha value is -0.940. The van der Waals surface area contributed by atoms with E-state index < -0.39 is 0 Å². The van der Waals surface area contributed by atoms with Crippen LogP contribution in [0.25, 0.3) is 0 Å². The zero-order valence-electron chi connectivity index (χ0n) is 10.3. The summed E-state index contributed by atoms with van der Waals surface area (Å²) in [4.78, 5) is 4.39. The smallest absolute Gasteiger partial charge is 0.142 e. The van der Waals surface area contributed by atoms with Crippen LogP contribution in [0.5, 0.6) is 5.75 Å². The summed E-state index contributed by atoms with van der Waals surface area (Å²) in [6.07, 6.45) is 0. The highest BCUT2D eigenvalue weighted by Gasteiger charge is 2.06. The lowest BCUT2D eigenvalue weighted by Crippen LogP contribution is -2.00. The fourth-order valence-corrected chi connectivity index (χ4v) is 2.44.